The Balaban J connectivity index is 0.00000240. The zero-order chi connectivity index (χ0) is 19.6. The van der Waals surface area contributed by atoms with Gasteiger partial charge in [0.15, 0.2) is 0 Å². The molecule has 0 spiro atoms. The summed E-state index contributed by atoms with van der Waals surface area (Å²) < 4.78 is 5.43. The van der Waals surface area contributed by atoms with Gasteiger partial charge in [-0.1, -0.05) is 18.6 Å². The molecule has 1 aliphatic heterocycles. The molecular weight excluding hydrogens is 384 g/mol. The third kappa shape index (κ3) is 4.59. The molecule has 4 rings (SSSR count). The molecule has 1 N–H and O–H groups in total. The number of methoxy groups -OCH3 is 1. The van der Waals surface area contributed by atoms with Crippen molar-refractivity contribution in [2.75, 3.05) is 33.8 Å². The average Bonchev–Trinajstić information content (AvgIpc) is 3.34. The van der Waals surface area contributed by atoms with Crippen LogP contribution in [0.5, 0.6) is 5.75 Å². The number of amides is 1. The van der Waals surface area contributed by atoms with E-state index in [0.29, 0.717) is 11.8 Å². The first kappa shape index (κ1) is 22.4. The summed E-state index contributed by atoms with van der Waals surface area (Å²) in [6.45, 7) is 2.98. The minimum absolute atomic E-state index is 0. The van der Waals surface area contributed by atoms with E-state index in [4.69, 9.17) is 4.74 Å². The normalized spacial score (nSPS) is 29.0. The molecule has 2 bridgehead atoms. The fourth-order valence-corrected chi connectivity index (χ4v) is 6.23. The Morgan fingerprint density at radius 2 is 2.03 bits per heavy atom. The molecule has 3 aliphatic rings. The van der Waals surface area contributed by atoms with E-state index in [9.17, 15) is 4.79 Å². The minimum Gasteiger partial charge on any atom is -0.497 e. The summed E-state index contributed by atoms with van der Waals surface area (Å²) in [5.74, 6) is 3.44. The number of ether oxygens (including phenoxy) is 1. The summed E-state index contributed by atoms with van der Waals surface area (Å²) in [6, 6.07) is 8.36. The molecule has 4 nitrogen and oxygen atoms in total. The molecule has 3 unspecified atom stereocenters. The van der Waals surface area contributed by atoms with Crippen molar-refractivity contribution in [3.8, 4) is 5.75 Å². The van der Waals surface area contributed by atoms with E-state index in [0.717, 1.165) is 62.9 Å². The zero-order valence-corrected chi connectivity index (χ0v) is 18.8. The summed E-state index contributed by atoms with van der Waals surface area (Å²) in [5, 5.41) is 3.26. The number of nitrogens with zero attached hydrogens (tertiary/aromatic N) is 1. The SMILES string of the molecule is CNCCC1CCN(C(=O)C2(Cc3cccc(OC)c3)CC3CCC2C3)CC1.Cl. The van der Waals surface area contributed by atoms with Crippen LogP contribution in [0.1, 0.15) is 50.5 Å². The summed E-state index contributed by atoms with van der Waals surface area (Å²) in [6.07, 6.45) is 9.35. The molecule has 1 aromatic rings. The van der Waals surface area contributed by atoms with E-state index in [1.165, 1.54) is 31.2 Å². The number of fused-ring (bicyclic) bond motifs is 2. The molecule has 3 fully saturated rings. The number of hydrogen-bond acceptors (Lipinski definition) is 3. The van der Waals surface area contributed by atoms with Gasteiger partial charge in [-0.3, -0.25) is 4.79 Å². The van der Waals surface area contributed by atoms with Crippen LogP contribution >= 0.6 is 12.4 Å². The molecule has 0 aromatic heterocycles. The third-order valence-corrected chi connectivity index (χ3v) is 7.76. The Kier molecular flexibility index (Phi) is 7.50. The maximum absolute atomic E-state index is 13.9. The first-order valence-corrected chi connectivity index (χ1v) is 11.2. The number of benzene rings is 1. The Bertz CT molecular complexity index is 689. The molecular formula is C24H37ClN2O2. The first-order valence-electron chi connectivity index (χ1n) is 11.2. The van der Waals surface area contributed by atoms with Crippen molar-refractivity contribution in [1.82, 2.24) is 10.2 Å². The Labute approximate surface area is 182 Å². The van der Waals surface area contributed by atoms with E-state index in [1.54, 1.807) is 7.11 Å². The van der Waals surface area contributed by atoms with Gasteiger partial charge in [0.1, 0.15) is 5.75 Å². The van der Waals surface area contributed by atoms with Gasteiger partial charge in [-0.15, -0.1) is 12.4 Å². The summed E-state index contributed by atoms with van der Waals surface area (Å²) in [4.78, 5) is 16.1. The number of nitrogens with one attached hydrogen (secondary N) is 1. The summed E-state index contributed by atoms with van der Waals surface area (Å²) in [7, 11) is 3.74. The quantitative estimate of drug-likeness (QED) is 0.714. The van der Waals surface area contributed by atoms with Crippen LogP contribution in [0, 0.1) is 23.2 Å². The largest absolute Gasteiger partial charge is 0.497 e. The van der Waals surface area contributed by atoms with Crippen LogP contribution in [-0.4, -0.2) is 44.6 Å². The summed E-state index contributed by atoms with van der Waals surface area (Å²) in [5.41, 5.74) is 1.08. The van der Waals surface area contributed by atoms with Gasteiger partial charge in [0.05, 0.1) is 12.5 Å². The molecule has 29 heavy (non-hydrogen) atoms. The van der Waals surface area contributed by atoms with Crippen molar-refractivity contribution in [3.05, 3.63) is 29.8 Å². The predicted molar refractivity (Wildman–Crippen MR) is 120 cm³/mol. The van der Waals surface area contributed by atoms with Gasteiger partial charge < -0.3 is 15.0 Å². The fraction of sp³-hybridized carbons (Fsp3) is 0.708. The lowest BCUT2D eigenvalue weighted by molar-refractivity contribution is -0.147. The lowest BCUT2D eigenvalue weighted by Crippen LogP contribution is -2.50. The lowest BCUT2D eigenvalue weighted by atomic mass is 9.68. The highest BCUT2D eigenvalue weighted by Crippen LogP contribution is 2.58. The topological polar surface area (TPSA) is 41.6 Å². The smallest absolute Gasteiger partial charge is 0.229 e. The van der Waals surface area contributed by atoms with Gasteiger partial charge in [0, 0.05) is 13.1 Å². The molecule has 5 heteroatoms. The highest BCUT2D eigenvalue weighted by Gasteiger charge is 2.56. The van der Waals surface area contributed by atoms with Gasteiger partial charge in [-0.2, -0.15) is 0 Å². The highest BCUT2D eigenvalue weighted by molar-refractivity contribution is 5.85. The molecule has 3 atom stereocenters. The second kappa shape index (κ2) is 9.70. The number of hydrogen-bond donors (Lipinski definition) is 1. The lowest BCUT2D eigenvalue weighted by Gasteiger charge is -2.43. The Morgan fingerprint density at radius 1 is 1.24 bits per heavy atom. The van der Waals surface area contributed by atoms with Crippen LogP contribution < -0.4 is 10.1 Å². The van der Waals surface area contributed by atoms with E-state index in [2.05, 4.69) is 28.4 Å². The van der Waals surface area contributed by atoms with E-state index >= 15 is 0 Å². The molecule has 1 heterocycles. The van der Waals surface area contributed by atoms with Crippen molar-refractivity contribution in [2.24, 2.45) is 23.2 Å². The van der Waals surface area contributed by atoms with Gasteiger partial charge in [-0.05, 0) is 94.0 Å². The molecule has 2 aliphatic carbocycles. The maximum Gasteiger partial charge on any atom is 0.229 e. The number of carbonyl (C=O) groups is 1. The molecule has 1 amide bonds. The van der Waals surface area contributed by atoms with Gasteiger partial charge >= 0.3 is 0 Å². The number of carbonyl (C=O) groups excluding carboxylic acids is 1. The number of halogens is 1. The maximum atomic E-state index is 13.9. The Morgan fingerprint density at radius 3 is 2.66 bits per heavy atom. The van der Waals surface area contributed by atoms with Crippen LogP contribution in [0.25, 0.3) is 0 Å². The van der Waals surface area contributed by atoms with E-state index in [-0.39, 0.29) is 17.8 Å². The van der Waals surface area contributed by atoms with Crippen molar-refractivity contribution in [2.45, 2.75) is 51.4 Å². The first-order chi connectivity index (χ1) is 13.6. The summed E-state index contributed by atoms with van der Waals surface area (Å²) >= 11 is 0. The highest BCUT2D eigenvalue weighted by atomic mass is 35.5. The number of piperidine rings is 1. The van der Waals surface area contributed by atoms with Crippen molar-refractivity contribution in [3.63, 3.8) is 0 Å². The number of rotatable bonds is 7. The molecule has 0 radical (unpaired) electrons. The standard InChI is InChI=1S/C24H36N2O2.ClH/c1-25-11-8-18-9-12-26(13-10-18)23(27)24(17-20-6-7-21(24)14-20)16-19-4-3-5-22(15-19)28-2;/h3-5,15,18,20-21,25H,6-14,16-17H2,1-2H3;1H. The fourth-order valence-electron chi connectivity index (χ4n) is 6.23. The van der Waals surface area contributed by atoms with Crippen LogP contribution in [0.2, 0.25) is 0 Å². The zero-order valence-electron chi connectivity index (χ0n) is 18.0. The monoisotopic (exact) mass is 420 g/mol. The number of likely N-dealkylation sites (tertiary alicyclic amines) is 1. The van der Waals surface area contributed by atoms with Gasteiger partial charge in [-0.25, -0.2) is 0 Å². The molecule has 1 saturated heterocycles. The van der Waals surface area contributed by atoms with Crippen LogP contribution in [0.4, 0.5) is 0 Å². The predicted octanol–water partition coefficient (Wildman–Crippen LogP) is 4.31. The van der Waals surface area contributed by atoms with Gasteiger partial charge in [0.2, 0.25) is 5.91 Å². The molecule has 2 saturated carbocycles. The third-order valence-electron chi connectivity index (χ3n) is 7.76. The second-order valence-electron chi connectivity index (χ2n) is 9.39. The van der Waals surface area contributed by atoms with Crippen LogP contribution in [-0.2, 0) is 11.2 Å². The van der Waals surface area contributed by atoms with Gasteiger partial charge in [0.25, 0.3) is 0 Å². The molecule has 1 aromatic carbocycles. The van der Waals surface area contributed by atoms with Crippen molar-refractivity contribution in [1.29, 1.82) is 0 Å². The van der Waals surface area contributed by atoms with E-state index in [1.807, 2.05) is 13.1 Å². The van der Waals surface area contributed by atoms with Crippen molar-refractivity contribution < 1.29 is 9.53 Å². The van der Waals surface area contributed by atoms with Crippen molar-refractivity contribution >= 4 is 18.3 Å². The minimum atomic E-state index is -0.174. The van der Waals surface area contributed by atoms with E-state index < -0.39 is 0 Å². The molecule has 162 valence electrons. The van der Waals surface area contributed by atoms with Crippen LogP contribution in [0.15, 0.2) is 24.3 Å². The van der Waals surface area contributed by atoms with Crippen LogP contribution in [0.3, 0.4) is 0 Å². The Hall–Kier alpha value is -1.26. The second-order valence-corrected chi connectivity index (χ2v) is 9.39. The average molecular weight is 421 g/mol.